The Morgan fingerprint density at radius 1 is 0.583 bits per heavy atom. The molecule has 0 saturated carbocycles. The van der Waals surface area contributed by atoms with E-state index < -0.39 is 0 Å². The Bertz CT molecular complexity index is 810. The lowest BCUT2D eigenvalue weighted by atomic mass is 10.2. The molecule has 0 N–H and O–H groups in total. The van der Waals surface area contributed by atoms with E-state index in [1.54, 1.807) is 0 Å². The fourth-order valence-electron chi connectivity index (χ4n) is 2.10. The van der Waals surface area contributed by atoms with Crippen LogP contribution in [-0.2, 0) is 0 Å². The zero-order chi connectivity index (χ0) is 16.8. The zero-order valence-corrected chi connectivity index (χ0v) is 17.0. The quantitative estimate of drug-likeness (QED) is 0.273. The highest BCUT2D eigenvalue weighted by molar-refractivity contribution is 14.1. The highest BCUT2D eigenvalue weighted by atomic mass is 127. The van der Waals surface area contributed by atoms with E-state index in [9.17, 15) is 0 Å². The van der Waals surface area contributed by atoms with E-state index in [1.165, 1.54) is 7.14 Å². The first kappa shape index (κ1) is 17.3. The lowest BCUT2D eigenvalue weighted by Crippen LogP contribution is -1.81. The van der Waals surface area contributed by atoms with Gasteiger partial charge in [0, 0.05) is 19.6 Å². The molecule has 2 nitrogen and oxygen atoms in total. The lowest BCUT2D eigenvalue weighted by Gasteiger charge is -1.98. The normalized spacial score (nSPS) is 11.4. The van der Waals surface area contributed by atoms with Crippen molar-refractivity contribution >= 4 is 69.0 Å². The molecule has 0 heterocycles. The van der Waals surface area contributed by atoms with Gasteiger partial charge < -0.3 is 0 Å². The first-order chi connectivity index (χ1) is 11.7. The standard InChI is InChI=1S/C20H14I2N2/c21-17-5-1-3-15(11-17)13-23-19-7-9-20(10-8-19)24-14-16-4-2-6-18(22)12-16/h1-14H. The summed E-state index contributed by atoms with van der Waals surface area (Å²) in [6.45, 7) is 0. The molecule has 0 aliphatic carbocycles. The summed E-state index contributed by atoms with van der Waals surface area (Å²) in [4.78, 5) is 9.01. The maximum atomic E-state index is 4.51. The molecule has 0 aromatic heterocycles. The summed E-state index contributed by atoms with van der Waals surface area (Å²) >= 11 is 4.60. The van der Waals surface area contributed by atoms with Crippen LogP contribution >= 0.6 is 45.2 Å². The van der Waals surface area contributed by atoms with E-state index in [-0.39, 0.29) is 0 Å². The molecule has 0 aliphatic heterocycles. The molecule has 3 aromatic rings. The van der Waals surface area contributed by atoms with Crippen LogP contribution in [0.5, 0.6) is 0 Å². The molecule has 0 bridgehead atoms. The molecule has 0 radical (unpaired) electrons. The second kappa shape index (κ2) is 8.53. The zero-order valence-electron chi connectivity index (χ0n) is 12.7. The van der Waals surface area contributed by atoms with Gasteiger partial charge in [-0.1, -0.05) is 24.3 Å². The Balaban J connectivity index is 1.69. The molecule has 0 atom stereocenters. The predicted octanol–water partition coefficient (Wildman–Crippen LogP) is 6.40. The fourth-order valence-corrected chi connectivity index (χ4v) is 3.23. The van der Waals surface area contributed by atoms with Crippen molar-refractivity contribution < 1.29 is 0 Å². The average Bonchev–Trinajstić information content (AvgIpc) is 2.59. The van der Waals surface area contributed by atoms with E-state index in [0.717, 1.165) is 22.5 Å². The van der Waals surface area contributed by atoms with Crippen LogP contribution in [0.25, 0.3) is 0 Å². The number of nitrogens with zero attached hydrogens (tertiary/aromatic N) is 2. The summed E-state index contributed by atoms with van der Waals surface area (Å²) < 4.78 is 2.41. The van der Waals surface area contributed by atoms with Gasteiger partial charge in [0.15, 0.2) is 0 Å². The molecule has 0 amide bonds. The molecule has 0 saturated heterocycles. The molecule has 118 valence electrons. The van der Waals surface area contributed by atoms with E-state index in [1.807, 2.05) is 61.0 Å². The largest absolute Gasteiger partial charge is 0.256 e. The summed E-state index contributed by atoms with van der Waals surface area (Å²) in [6, 6.07) is 24.4. The molecule has 4 heteroatoms. The lowest BCUT2D eigenvalue weighted by molar-refractivity contribution is 1.48. The van der Waals surface area contributed by atoms with E-state index >= 15 is 0 Å². The Kier molecular flexibility index (Phi) is 6.14. The van der Waals surface area contributed by atoms with Crippen LogP contribution in [0.3, 0.4) is 0 Å². The van der Waals surface area contributed by atoms with Gasteiger partial charge in [-0.2, -0.15) is 0 Å². The SMILES string of the molecule is Ic1cccc(C=Nc2ccc(N=Cc3cccc(I)c3)cc2)c1. The van der Waals surface area contributed by atoms with Crippen molar-refractivity contribution in [3.05, 3.63) is 91.1 Å². The van der Waals surface area contributed by atoms with Crippen molar-refractivity contribution in [2.75, 3.05) is 0 Å². The van der Waals surface area contributed by atoms with Crippen molar-refractivity contribution in [1.82, 2.24) is 0 Å². The molecule has 3 rings (SSSR count). The molecular formula is C20H14I2N2. The van der Waals surface area contributed by atoms with E-state index in [4.69, 9.17) is 0 Å². The Morgan fingerprint density at radius 2 is 1.00 bits per heavy atom. The third kappa shape index (κ3) is 5.24. The third-order valence-corrected chi connectivity index (χ3v) is 4.61. The predicted molar refractivity (Wildman–Crippen MR) is 119 cm³/mol. The van der Waals surface area contributed by atoms with Crippen LogP contribution in [0.15, 0.2) is 82.8 Å². The van der Waals surface area contributed by atoms with Crippen molar-refractivity contribution in [1.29, 1.82) is 0 Å². The smallest absolute Gasteiger partial charge is 0.0631 e. The van der Waals surface area contributed by atoms with Crippen LogP contribution in [0, 0.1) is 7.14 Å². The number of rotatable bonds is 4. The van der Waals surface area contributed by atoms with Crippen LogP contribution in [0.1, 0.15) is 11.1 Å². The Labute approximate surface area is 169 Å². The Morgan fingerprint density at radius 3 is 1.38 bits per heavy atom. The van der Waals surface area contributed by atoms with Gasteiger partial charge in [0.25, 0.3) is 0 Å². The van der Waals surface area contributed by atoms with Crippen LogP contribution < -0.4 is 0 Å². The van der Waals surface area contributed by atoms with Crippen molar-refractivity contribution in [2.45, 2.75) is 0 Å². The minimum atomic E-state index is 0.919. The number of hydrogen-bond donors (Lipinski definition) is 0. The van der Waals surface area contributed by atoms with Gasteiger partial charge >= 0.3 is 0 Å². The second-order valence-electron chi connectivity index (χ2n) is 5.14. The average molecular weight is 536 g/mol. The highest BCUT2D eigenvalue weighted by Crippen LogP contribution is 2.19. The van der Waals surface area contributed by atoms with E-state index in [2.05, 4.69) is 79.4 Å². The van der Waals surface area contributed by atoms with Gasteiger partial charge in [0.1, 0.15) is 0 Å². The molecule has 24 heavy (non-hydrogen) atoms. The highest BCUT2D eigenvalue weighted by Gasteiger charge is 1.93. The fraction of sp³-hybridized carbons (Fsp3) is 0. The number of aliphatic imine (C=N–C) groups is 2. The topological polar surface area (TPSA) is 24.7 Å². The van der Waals surface area contributed by atoms with Gasteiger partial charge in [-0.15, -0.1) is 0 Å². The van der Waals surface area contributed by atoms with Crippen LogP contribution in [0.4, 0.5) is 11.4 Å². The number of benzene rings is 3. The van der Waals surface area contributed by atoms with Gasteiger partial charge in [-0.25, -0.2) is 0 Å². The first-order valence-corrected chi connectivity index (χ1v) is 9.54. The molecule has 0 spiro atoms. The van der Waals surface area contributed by atoms with Gasteiger partial charge in [0.2, 0.25) is 0 Å². The second-order valence-corrected chi connectivity index (χ2v) is 7.63. The molecule has 3 aromatic carbocycles. The molecular weight excluding hydrogens is 522 g/mol. The van der Waals surface area contributed by atoms with Gasteiger partial charge in [0.05, 0.1) is 11.4 Å². The van der Waals surface area contributed by atoms with Gasteiger partial charge in [-0.3, -0.25) is 9.98 Å². The summed E-state index contributed by atoms with van der Waals surface area (Å²) in [5.74, 6) is 0. The summed E-state index contributed by atoms with van der Waals surface area (Å²) in [6.07, 6.45) is 3.76. The van der Waals surface area contributed by atoms with Crippen molar-refractivity contribution in [2.24, 2.45) is 9.98 Å². The maximum Gasteiger partial charge on any atom is 0.0631 e. The monoisotopic (exact) mass is 536 g/mol. The van der Waals surface area contributed by atoms with Crippen molar-refractivity contribution in [3.8, 4) is 0 Å². The first-order valence-electron chi connectivity index (χ1n) is 7.38. The molecule has 0 unspecified atom stereocenters. The summed E-state index contributed by atoms with van der Waals surface area (Å²) in [5, 5.41) is 0. The van der Waals surface area contributed by atoms with E-state index in [0.29, 0.717) is 0 Å². The van der Waals surface area contributed by atoms with Crippen molar-refractivity contribution in [3.63, 3.8) is 0 Å². The number of hydrogen-bond acceptors (Lipinski definition) is 2. The van der Waals surface area contributed by atoms with Crippen LogP contribution in [-0.4, -0.2) is 12.4 Å². The summed E-state index contributed by atoms with van der Waals surface area (Å²) in [7, 11) is 0. The minimum absolute atomic E-state index is 0.919. The van der Waals surface area contributed by atoms with Crippen LogP contribution in [0.2, 0.25) is 0 Å². The van der Waals surface area contributed by atoms with Gasteiger partial charge in [-0.05, 0) is 105 Å². The molecule has 0 fully saturated rings. The summed E-state index contributed by atoms with van der Waals surface area (Å²) in [5.41, 5.74) is 4.04. The maximum absolute atomic E-state index is 4.51. The third-order valence-electron chi connectivity index (χ3n) is 3.27. The Hall–Kier alpha value is -1.54. The molecule has 0 aliphatic rings. The minimum Gasteiger partial charge on any atom is -0.256 e. The number of halogens is 2.